The molecule has 0 aliphatic heterocycles. The van der Waals surface area contributed by atoms with Gasteiger partial charge in [-0.25, -0.2) is 0 Å². The second kappa shape index (κ2) is 6.87. The van der Waals surface area contributed by atoms with Gasteiger partial charge in [-0.15, -0.1) is 0 Å². The van der Waals surface area contributed by atoms with E-state index >= 15 is 0 Å². The first-order valence-corrected chi connectivity index (χ1v) is 7.90. The highest BCUT2D eigenvalue weighted by atomic mass is 79.9. The van der Waals surface area contributed by atoms with E-state index in [1.54, 1.807) is 11.3 Å². The molecule has 0 radical (unpaired) electrons. The summed E-state index contributed by atoms with van der Waals surface area (Å²) in [6, 6.07) is 10.4. The zero-order valence-corrected chi connectivity index (χ0v) is 12.8. The van der Waals surface area contributed by atoms with E-state index < -0.39 is 5.97 Å². The summed E-state index contributed by atoms with van der Waals surface area (Å²) >= 11 is 5.12. The van der Waals surface area contributed by atoms with Crippen LogP contribution in [0.5, 0.6) is 0 Å². The van der Waals surface area contributed by atoms with Crippen LogP contribution in [0.4, 0.5) is 0 Å². The molecule has 0 amide bonds. The van der Waals surface area contributed by atoms with Crippen molar-refractivity contribution in [2.24, 2.45) is 0 Å². The first-order valence-electron chi connectivity index (χ1n) is 6.16. The summed E-state index contributed by atoms with van der Waals surface area (Å²) < 4.78 is 1.06. The van der Waals surface area contributed by atoms with Crippen LogP contribution in [0.3, 0.4) is 0 Å². The number of carbonyl (C=O) groups is 1. The van der Waals surface area contributed by atoms with Crippen LogP contribution in [-0.4, -0.2) is 11.1 Å². The fourth-order valence-electron chi connectivity index (χ4n) is 2.15. The Hall–Kier alpha value is -1.13. The summed E-state index contributed by atoms with van der Waals surface area (Å²) in [5.41, 5.74) is 2.52. The van der Waals surface area contributed by atoms with Crippen LogP contribution >= 0.6 is 27.3 Å². The molecular weight excluding hydrogens is 324 g/mol. The number of thiophene rings is 1. The summed E-state index contributed by atoms with van der Waals surface area (Å²) in [7, 11) is 0. The number of aliphatic carboxylic acids is 1. The van der Waals surface area contributed by atoms with Crippen molar-refractivity contribution in [2.45, 2.75) is 25.2 Å². The lowest BCUT2D eigenvalue weighted by molar-refractivity contribution is -0.137. The molecule has 1 N–H and O–H groups in total. The summed E-state index contributed by atoms with van der Waals surface area (Å²) in [6.45, 7) is 0. The fourth-order valence-corrected chi connectivity index (χ4v) is 3.13. The number of rotatable bonds is 6. The third-order valence-corrected chi connectivity index (χ3v) is 4.33. The lowest BCUT2D eigenvalue weighted by atomic mass is 9.89. The number of benzene rings is 1. The van der Waals surface area contributed by atoms with Crippen LogP contribution in [0.2, 0.25) is 0 Å². The van der Waals surface area contributed by atoms with Gasteiger partial charge in [-0.2, -0.15) is 11.3 Å². The second-order valence-corrected chi connectivity index (χ2v) is 6.14. The maximum absolute atomic E-state index is 10.6. The molecule has 0 spiro atoms. The third kappa shape index (κ3) is 4.18. The highest BCUT2D eigenvalue weighted by Crippen LogP contribution is 2.31. The Bertz CT molecular complexity index is 520. The minimum absolute atomic E-state index is 0.233. The van der Waals surface area contributed by atoms with E-state index in [0.717, 1.165) is 10.9 Å². The van der Waals surface area contributed by atoms with E-state index in [1.807, 2.05) is 12.1 Å². The Morgan fingerprint density at radius 2 is 1.95 bits per heavy atom. The molecule has 100 valence electrons. The number of hydrogen-bond acceptors (Lipinski definition) is 2. The van der Waals surface area contributed by atoms with Crippen molar-refractivity contribution in [1.82, 2.24) is 0 Å². The number of hydrogen-bond donors (Lipinski definition) is 1. The SMILES string of the molecule is O=C(O)CCCC(c1ccc(Br)cc1)c1ccsc1. The smallest absolute Gasteiger partial charge is 0.303 e. The number of halogens is 1. The highest BCUT2D eigenvalue weighted by molar-refractivity contribution is 9.10. The molecule has 2 rings (SSSR count). The van der Waals surface area contributed by atoms with Gasteiger partial charge in [-0.1, -0.05) is 28.1 Å². The van der Waals surface area contributed by atoms with Gasteiger partial charge in [-0.3, -0.25) is 4.79 Å². The van der Waals surface area contributed by atoms with E-state index in [0.29, 0.717) is 12.3 Å². The largest absolute Gasteiger partial charge is 0.481 e. The lowest BCUT2D eigenvalue weighted by Crippen LogP contribution is -2.02. The molecule has 1 heterocycles. The normalized spacial score (nSPS) is 12.3. The van der Waals surface area contributed by atoms with Crippen molar-refractivity contribution in [1.29, 1.82) is 0 Å². The summed E-state index contributed by atoms with van der Waals surface area (Å²) in [6.07, 6.45) is 1.80. The lowest BCUT2D eigenvalue weighted by Gasteiger charge is -2.16. The average Bonchev–Trinajstić information content (AvgIpc) is 2.89. The van der Waals surface area contributed by atoms with Gasteiger partial charge in [0, 0.05) is 16.8 Å². The maximum Gasteiger partial charge on any atom is 0.303 e. The van der Waals surface area contributed by atoms with Gasteiger partial charge >= 0.3 is 5.97 Å². The molecule has 0 aliphatic carbocycles. The van der Waals surface area contributed by atoms with Gasteiger partial charge < -0.3 is 5.11 Å². The molecule has 2 nitrogen and oxygen atoms in total. The van der Waals surface area contributed by atoms with E-state index in [-0.39, 0.29) is 6.42 Å². The van der Waals surface area contributed by atoms with Gasteiger partial charge in [0.05, 0.1) is 0 Å². The Morgan fingerprint density at radius 1 is 1.21 bits per heavy atom. The van der Waals surface area contributed by atoms with E-state index in [9.17, 15) is 4.79 Å². The standard InChI is InChI=1S/C15H15BrO2S/c16-13-6-4-11(5-7-13)14(2-1-3-15(17)18)12-8-9-19-10-12/h4-10,14H,1-3H2,(H,17,18). The molecule has 2 aromatic rings. The molecular formula is C15H15BrO2S. The van der Waals surface area contributed by atoms with Crippen LogP contribution < -0.4 is 0 Å². The van der Waals surface area contributed by atoms with Crippen LogP contribution in [0.15, 0.2) is 45.6 Å². The molecule has 19 heavy (non-hydrogen) atoms. The number of carboxylic acids is 1. The monoisotopic (exact) mass is 338 g/mol. The Labute approximate surface area is 125 Å². The number of carboxylic acid groups (broad SMARTS) is 1. The Balaban J connectivity index is 2.14. The third-order valence-electron chi connectivity index (χ3n) is 3.10. The van der Waals surface area contributed by atoms with Crippen molar-refractivity contribution in [2.75, 3.05) is 0 Å². The van der Waals surface area contributed by atoms with Gasteiger partial charge in [0.1, 0.15) is 0 Å². The maximum atomic E-state index is 10.6. The minimum Gasteiger partial charge on any atom is -0.481 e. The van der Waals surface area contributed by atoms with Crippen molar-refractivity contribution < 1.29 is 9.90 Å². The zero-order chi connectivity index (χ0) is 13.7. The topological polar surface area (TPSA) is 37.3 Å². The molecule has 0 saturated heterocycles. The molecule has 4 heteroatoms. The molecule has 1 aromatic heterocycles. The van der Waals surface area contributed by atoms with Crippen LogP contribution in [-0.2, 0) is 4.79 Å². The van der Waals surface area contributed by atoms with Crippen LogP contribution in [0, 0.1) is 0 Å². The van der Waals surface area contributed by atoms with Crippen molar-refractivity contribution in [3.05, 3.63) is 56.7 Å². The highest BCUT2D eigenvalue weighted by Gasteiger charge is 2.15. The van der Waals surface area contributed by atoms with Gasteiger partial charge in [0.25, 0.3) is 0 Å². The van der Waals surface area contributed by atoms with Crippen LogP contribution in [0.1, 0.15) is 36.3 Å². The molecule has 0 saturated carbocycles. The van der Waals surface area contributed by atoms with Gasteiger partial charge in [0.15, 0.2) is 0 Å². The van der Waals surface area contributed by atoms with Crippen molar-refractivity contribution in [3.8, 4) is 0 Å². The fraction of sp³-hybridized carbons (Fsp3) is 0.267. The first kappa shape index (κ1) is 14.3. The predicted molar refractivity (Wildman–Crippen MR) is 81.8 cm³/mol. The van der Waals surface area contributed by atoms with E-state index in [2.05, 4.69) is 44.9 Å². The van der Waals surface area contributed by atoms with E-state index in [4.69, 9.17) is 5.11 Å². The summed E-state index contributed by atoms with van der Waals surface area (Å²) in [4.78, 5) is 10.6. The molecule has 0 aliphatic rings. The van der Waals surface area contributed by atoms with E-state index in [1.165, 1.54) is 11.1 Å². The van der Waals surface area contributed by atoms with Gasteiger partial charge in [-0.05, 0) is 52.9 Å². The summed E-state index contributed by atoms with van der Waals surface area (Å²) in [5.74, 6) is -0.432. The molecule has 1 unspecified atom stereocenters. The minimum atomic E-state index is -0.722. The Morgan fingerprint density at radius 3 is 2.53 bits per heavy atom. The zero-order valence-electron chi connectivity index (χ0n) is 10.4. The molecule has 0 bridgehead atoms. The molecule has 1 atom stereocenters. The van der Waals surface area contributed by atoms with Crippen LogP contribution in [0.25, 0.3) is 0 Å². The van der Waals surface area contributed by atoms with Crippen molar-refractivity contribution >= 4 is 33.2 Å². The van der Waals surface area contributed by atoms with Gasteiger partial charge in [0.2, 0.25) is 0 Å². The summed E-state index contributed by atoms with van der Waals surface area (Å²) in [5, 5.41) is 13.0. The average molecular weight is 339 g/mol. The quantitative estimate of drug-likeness (QED) is 0.813. The molecule has 0 fully saturated rings. The molecule has 1 aromatic carbocycles. The predicted octanol–water partition coefficient (Wildman–Crippen LogP) is 4.90. The van der Waals surface area contributed by atoms with Crippen molar-refractivity contribution in [3.63, 3.8) is 0 Å². The Kier molecular flexibility index (Phi) is 5.16. The second-order valence-electron chi connectivity index (χ2n) is 4.45. The first-order chi connectivity index (χ1) is 9.16.